The van der Waals surface area contributed by atoms with Gasteiger partial charge in [0.2, 0.25) is 0 Å². The van der Waals surface area contributed by atoms with E-state index < -0.39 is 0 Å². The molecule has 0 amide bonds. The molecule has 0 saturated carbocycles. The Hall–Kier alpha value is -1.06. The molecule has 0 aliphatic carbocycles. The van der Waals surface area contributed by atoms with E-state index in [9.17, 15) is 0 Å². The highest BCUT2D eigenvalue weighted by molar-refractivity contribution is 5.45. The minimum Gasteiger partial charge on any atom is -0.496 e. The van der Waals surface area contributed by atoms with Crippen molar-refractivity contribution in [3.05, 3.63) is 28.8 Å². The first kappa shape index (κ1) is 15.0. The number of benzene rings is 1. The summed E-state index contributed by atoms with van der Waals surface area (Å²) in [4.78, 5) is 0. The van der Waals surface area contributed by atoms with Gasteiger partial charge in [0.05, 0.1) is 13.2 Å². The molecule has 3 heteroatoms. The molecule has 102 valence electrons. The Balaban J connectivity index is 3.37. The van der Waals surface area contributed by atoms with E-state index >= 15 is 0 Å². The lowest BCUT2D eigenvalue weighted by Crippen LogP contribution is -2.38. The number of hydrazine groups is 1. The van der Waals surface area contributed by atoms with Crippen molar-refractivity contribution < 1.29 is 4.74 Å². The van der Waals surface area contributed by atoms with Crippen LogP contribution in [0.25, 0.3) is 0 Å². The minimum atomic E-state index is 0.0715. The summed E-state index contributed by atoms with van der Waals surface area (Å²) in [7, 11) is 1.71. The average molecular weight is 250 g/mol. The third-order valence-electron chi connectivity index (χ3n) is 3.86. The SMILES string of the molecule is CCC(C)(C)C(NN)c1c(C)cc(C)cc1OC. The Kier molecular flexibility index (Phi) is 4.77. The number of ether oxygens (including phenoxy) is 1. The van der Waals surface area contributed by atoms with E-state index in [4.69, 9.17) is 10.6 Å². The summed E-state index contributed by atoms with van der Waals surface area (Å²) < 4.78 is 5.53. The molecule has 1 aromatic carbocycles. The molecule has 0 saturated heterocycles. The van der Waals surface area contributed by atoms with Crippen molar-refractivity contribution in [2.24, 2.45) is 11.3 Å². The van der Waals surface area contributed by atoms with Crippen LogP contribution in [0.15, 0.2) is 12.1 Å². The lowest BCUT2D eigenvalue weighted by atomic mass is 9.77. The van der Waals surface area contributed by atoms with Gasteiger partial charge in [-0.3, -0.25) is 11.3 Å². The second-order valence-corrected chi connectivity index (χ2v) is 5.64. The van der Waals surface area contributed by atoms with E-state index in [-0.39, 0.29) is 11.5 Å². The molecule has 0 aliphatic heterocycles. The first-order valence-electron chi connectivity index (χ1n) is 6.48. The molecule has 0 bridgehead atoms. The van der Waals surface area contributed by atoms with E-state index in [1.807, 2.05) is 0 Å². The molecule has 0 spiro atoms. The topological polar surface area (TPSA) is 47.3 Å². The minimum absolute atomic E-state index is 0.0715. The zero-order valence-electron chi connectivity index (χ0n) is 12.4. The van der Waals surface area contributed by atoms with Gasteiger partial charge in [-0.2, -0.15) is 0 Å². The average Bonchev–Trinajstić information content (AvgIpc) is 2.31. The molecule has 18 heavy (non-hydrogen) atoms. The van der Waals surface area contributed by atoms with Gasteiger partial charge in [0.1, 0.15) is 5.75 Å². The van der Waals surface area contributed by atoms with Crippen molar-refractivity contribution >= 4 is 0 Å². The number of rotatable bonds is 5. The molecule has 0 radical (unpaired) electrons. The maximum absolute atomic E-state index is 5.79. The van der Waals surface area contributed by atoms with E-state index in [2.05, 4.69) is 52.2 Å². The van der Waals surface area contributed by atoms with Crippen molar-refractivity contribution in [2.75, 3.05) is 7.11 Å². The monoisotopic (exact) mass is 250 g/mol. The summed E-state index contributed by atoms with van der Waals surface area (Å²) in [5.41, 5.74) is 6.63. The summed E-state index contributed by atoms with van der Waals surface area (Å²) >= 11 is 0. The van der Waals surface area contributed by atoms with E-state index in [1.54, 1.807) is 7.11 Å². The van der Waals surface area contributed by atoms with Gasteiger partial charge < -0.3 is 4.74 Å². The Morgan fingerprint density at radius 2 is 1.94 bits per heavy atom. The highest BCUT2D eigenvalue weighted by atomic mass is 16.5. The highest BCUT2D eigenvalue weighted by Gasteiger charge is 2.31. The summed E-state index contributed by atoms with van der Waals surface area (Å²) in [6.45, 7) is 10.8. The number of nitrogens with two attached hydrogens (primary N) is 1. The zero-order valence-corrected chi connectivity index (χ0v) is 12.4. The van der Waals surface area contributed by atoms with Crippen LogP contribution in [0.4, 0.5) is 0 Å². The third kappa shape index (κ3) is 2.85. The molecule has 3 N–H and O–H groups in total. The van der Waals surface area contributed by atoms with Gasteiger partial charge in [-0.25, -0.2) is 0 Å². The third-order valence-corrected chi connectivity index (χ3v) is 3.86. The van der Waals surface area contributed by atoms with Gasteiger partial charge in [-0.05, 0) is 42.9 Å². The van der Waals surface area contributed by atoms with E-state index in [1.165, 1.54) is 11.1 Å². The number of methoxy groups -OCH3 is 1. The molecule has 0 heterocycles. The van der Waals surface area contributed by atoms with Crippen LogP contribution >= 0.6 is 0 Å². The normalized spacial score (nSPS) is 13.5. The second kappa shape index (κ2) is 5.72. The van der Waals surface area contributed by atoms with Crippen LogP contribution in [0, 0.1) is 19.3 Å². The Bertz CT molecular complexity index is 413. The van der Waals surface area contributed by atoms with Crippen molar-refractivity contribution in [2.45, 2.75) is 47.1 Å². The van der Waals surface area contributed by atoms with Crippen LogP contribution in [-0.2, 0) is 0 Å². The molecule has 3 nitrogen and oxygen atoms in total. The van der Waals surface area contributed by atoms with Crippen LogP contribution in [0.5, 0.6) is 5.75 Å². The smallest absolute Gasteiger partial charge is 0.124 e. The van der Waals surface area contributed by atoms with Crippen molar-refractivity contribution in [3.8, 4) is 5.75 Å². The predicted molar refractivity (Wildman–Crippen MR) is 76.6 cm³/mol. The first-order valence-corrected chi connectivity index (χ1v) is 6.48. The summed E-state index contributed by atoms with van der Waals surface area (Å²) in [6.07, 6.45) is 1.04. The molecule has 1 aromatic rings. The molecule has 0 aromatic heterocycles. The fourth-order valence-electron chi connectivity index (χ4n) is 2.38. The number of hydrogen-bond acceptors (Lipinski definition) is 3. The molecule has 1 atom stereocenters. The highest BCUT2D eigenvalue weighted by Crippen LogP contribution is 2.41. The largest absolute Gasteiger partial charge is 0.496 e. The van der Waals surface area contributed by atoms with Gasteiger partial charge in [0.15, 0.2) is 0 Å². The lowest BCUT2D eigenvalue weighted by Gasteiger charge is -2.35. The van der Waals surface area contributed by atoms with Gasteiger partial charge in [0, 0.05) is 5.56 Å². The van der Waals surface area contributed by atoms with Gasteiger partial charge in [-0.1, -0.05) is 26.8 Å². The van der Waals surface area contributed by atoms with Crippen molar-refractivity contribution in [1.82, 2.24) is 5.43 Å². The summed E-state index contributed by atoms with van der Waals surface area (Å²) in [6, 6.07) is 4.32. The first-order chi connectivity index (χ1) is 8.37. The summed E-state index contributed by atoms with van der Waals surface area (Å²) in [5.74, 6) is 6.71. The molecule has 0 aliphatic rings. The Labute approximate surface area is 111 Å². The van der Waals surface area contributed by atoms with E-state index in [0.29, 0.717) is 0 Å². The Morgan fingerprint density at radius 1 is 1.33 bits per heavy atom. The van der Waals surface area contributed by atoms with Crippen LogP contribution in [0.1, 0.15) is 49.9 Å². The molecule has 1 unspecified atom stereocenters. The standard InChI is InChI=1S/C15H26N2O/c1-7-15(4,5)14(17-16)13-11(3)8-10(2)9-12(13)18-6/h8-9,14,17H,7,16H2,1-6H3. The van der Waals surface area contributed by atoms with Gasteiger partial charge in [0.25, 0.3) is 0 Å². The van der Waals surface area contributed by atoms with Gasteiger partial charge in [-0.15, -0.1) is 0 Å². The fraction of sp³-hybridized carbons (Fsp3) is 0.600. The van der Waals surface area contributed by atoms with Crippen LogP contribution in [-0.4, -0.2) is 7.11 Å². The van der Waals surface area contributed by atoms with Crippen LogP contribution in [0.3, 0.4) is 0 Å². The number of nitrogens with one attached hydrogen (secondary N) is 1. The second-order valence-electron chi connectivity index (χ2n) is 5.64. The van der Waals surface area contributed by atoms with Crippen molar-refractivity contribution in [1.29, 1.82) is 0 Å². The zero-order chi connectivity index (χ0) is 13.9. The molecule has 0 fully saturated rings. The molecular formula is C15H26N2O. The number of aryl methyl sites for hydroxylation is 2. The van der Waals surface area contributed by atoms with Crippen molar-refractivity contribution in [3.63, 3.8) is 0 Å². The lowest BCUT2D eigenvalue weighted by molar-refractivity contribution is 0.230. The van der Waals surface area contributed by atoms with E-state index in [0.717, 1.165) is 17.7 Å². The fourth-order valence-corrected chi connectivity index (χ4v) is 2.38. The quantitative estimate of drug-likeness (QED) is 0.623. The Morgan fingerprint density at radius 3 is 2.39 bits per heavy atom. The molecule has 1 rings (SSSR count). The van der Waals surface area contributed by atoms with Gasteiger partial charge >= 0.3 is 0 Å². The predicted octanol–water partition coefficient (Wildman–Crippen LogP) is 3.25. The number of hydrogen-bond donors (Lipinski definition) is 2. The maximum atomic E-state index is 5.79. The van der Waals surface area contributed by atoms with Crippen LogP contribution < -0.4 is 16.0 Å². The summed E-state index contributed by atoms with van der Waals surface area (Å²) in [5, 5.41) is 0. The maximum Gasteiger partial charge on any atom is 0.124 e. The molecular weight excluding hydrogens is 224 g/mol. The van der Waals surface area contributed by atoms with Crippen LogP contribution in [0.2, 0.25) is 0 Å².